The van der Waals surface area contributed by atoms with Crippen LogP contribution in [0, 0.1) is 0 Å². The van der Waals surface area contributed by atoms with Crippen molar-refractivity contribution in [3.8, 4) is 0 Å². The van der Waals surface area contributed by atoms with Gasteiger partial charge in [0.25, 0.3) is 0 Å². The molecule has 0 aliphatic carbocycles. The van der Waals surface area contributed by atoms with Gasteiger partial charge in [-0.25, -0.2) is 0 Å². The van der Waals surface area contributed by atoms with Gasteiger partial charge >= 0.3 is 7.12 Å². The molecule has 0 saturated carbocycles. The fourth-order valence-corrected chi connectivity index (χ4v) is 1.69. The summed E-state index contributed by atoms with van der Waals surface area (Å²) in [7, 11) is -1.50. The third-order valence-corrected chi connectivity index (χ3v) is 2.63. The summed E-state index contributed by atoms with van der Waals surface area (Å²) >= 11 is 0. The van der Waals surface area contributed by atoms with Gasteiger partial charge in [0.15, 0.2) is 0 Å². The maximum atomic E-state index is 9.10. The molecule has 0 aliphatic heterocycles. The molecule has 2 aromatic rings. The highest BCUT2D eigenvalue weighted by Gasteiger charge is 2.12. The lowest BCUT2D eigenvalue weighted by Crippen LogP contribution is -2.29. The summed E-state index contributed by atoms with van der Waals surface area (Å²) in [5.74, 6) is 0. The van der Waals surface area contributed by atoms with Gasteiger partial charge in [-0.3, -0.25) is 0 Å². The van der Waals surface area contributed by atoms with Gasteiger partial charge in [-0.1, -0.05) is 59.8 Å². The van der Waals surface area contributed by atoms with Crippen LogP contribution in [0.25, 0.3) is 0 Å². The number of hydrogen-bond acceptors (Lipinski definition) is 4. The number of benzene rings is 2. The van der Waals surface area contributed by atoms with E-state index < -0.39 is 7.12 Å². The Balaban J connectivity index is 2.35. The molecule has 0 aromatic heterocycles. The molecule has 18 heavy (non-hydrogen) atoms. The van der Waals surface area contributed by atoms with Gasteiger partial charge in [0, 0.05) is 11.1 Å². The third kappa shape index (κ3) is 2.59. The fourth-order valence-electron chi connectivity index (χ4n) is 1.69. The van der Waals surface area contributed by atoms with Crippen LogP contribution < -0.4 is 5.46 Å². The van der Waals surface area contributed by atoms with Crippen molar-refractivity contribution in [1.29, 1.82) is 0 Å². The summed E-state index contributed by atoms with van der Waals surface area (Å²) in [6.07, 6.45) is 0. The smallest absolute Gasteiger partial charge is 0.423 e. The molecule has 0 radical (unpaired) electrons. The monoisotopic (exact) mass is 241 g/mol. The predicted octanol–water partition coefficient (Wildman–Crippen LogP) is 0.593. The van der Waals surface area contributed by atoms with E-state index in [4.69, 9.17) is 15.3 Å². The second-order valence-corrected chi connectivity index (χ2v) is 3.81. The van der Waals surface area contributed by atoms with Crippen LogP contribution in [0.15, 0.2) is 59.8 Å². The molecule has 0 atom stereocenters. The van der Waals surface area contributed by atoms with E-state index >= 15 is 0 Å². The van der Waals surface area contributed by atoms with Crippen LogP contribution in [-0.2, 0) is 0 Å². The molecular formula is C13H12BNO3. The molecule has 2 rings (SSSR count). The number of nitrogens with zero attached hydrogens (tertiary/aromatic N) is 1. The third-order valence-electron chi connectivity index (χ3n) is 2.63. The van der Waals surface area contributed by atoms with Crippen molar-refractivity contribution < 1.29 is 15.3 Å². The van der Waals surface area contributed by atoms with Gasteiger partial charge < -0.3 is 15.3 Å². The van der Waals surface area contributed by atoms with Crippen molar-refractivity contribution in [1.82, 2.24) is 0 Å². The summed E-state index contributed by atoms with van der Waals surface area (Å²) < 4.78 is 0. The Morgan fingerprint density at radius 3 is 1.89 bits per heavy atom. The first-order valence-electron chi connectivity index (χ1n) is 5.46. The molecule has 0 fully saturated rings. The average Bonchev–Trinajstić information content (AvgIpc) is 2.41. The Kier molecular flexibility index (Phi) is 3.77. The van der Waals surface area contributed by atoms with E-state index in [-0.39, 0.29) is 0 Å². The number of rotatable bonds is 3. The molecule has 0 amide bonds. The summed E-state index contributed by atoms with van der Waals surface area (Å²) in [6.45, 7) is 0. The Bertz CT molecular complexity index is 538. The lowest BCUT2D eigenvalue weighted by atomic mass is 9.80. The number of hydrogen-bond donors (Lipinski definition) is 3. The maximum Gasteiger partial charge on any atom is 0.488 e. The molecular weight excluding hydrogens is 229 g/mol. The first-order chi connectivity index (χ1) is 8.72. The normalized spacial score (nSPS) is 11.3. The van der Waals surface area contributed by atoms with Crippen LogP contribution in [0.5, 0.6) is 0 Å². The van der Waals surface area contributed by atoms with Crippen LogP contribution in [-0.4, -0.2) is 28.1 Å². The van der Waals surface area contributed by atoms with Crippen molar-refractivity contribution in [2.75, 3.05) is 0 Å². The largest absolute Gasteiger partial charge is 0.488 e. The Labute approximate surface area is 105 Å². The number of oxime groups is 1. The van der Waals surface area contributed by atoms with E-state index in [9.17, 15) is 0 Å². The van der Waals surface area contributed by atoms with E-state index in [1.54, 1.807) is 24.3 Å². The van der Waals surface area contributed by atoms with E-state index in [0.29, 0.717) is 16.7 Å². The lowest BCUT2D eigenvalue weighted by molar-refractivity contribution is 0.319. The van der Waals surface area contributed by atoms with E-state index in [2.05, 4.69) is 5.16 Å². The van der Waals surface area contributed by atoms with Gasteiger partial charge in [-0.2, -0.15) is 0 Å². The van der Waals surface area contributed by atoms with Crippen LogP contribution in [0.2, 0.25) is 0 Å². The van der Waals surface area contributed by atoms with Crippen molar-refractivity contribution in [3.05, 3.63) is 65.7 Å². The molecule has 4 nitrogen and oxygen atoms in total. The molecule has 0 unspecified atom stereocenters. The maximum absolute atomic E-state index is 9.10. The van der Waals surface area contributed by atoms with Gasteiger partial charge in [0.2, 0.25) is 0 Å². The van der Waals surface area contributed by atoms with Crippen molar-refractivity contribution in [2.24, 2.45) is 5.16 Å². The zero-order chi connectivity index (χ0) is 13.0. The highest BCUT2D eigenvalue weighted by Crippen LogP contribution is 2.09. The summed E-state index contributed by atoms with van der Waals surface area (Å²) in [4.78, 5) is 0. The van der Waals surface area contributed by atoms with Gasteiger partial charge in [0.05, 0.1) is 0 Å². The zero-order valence-corrected chi connectivity index (χ0v) is 9.56. The zero-order valence-electron chi connectivity index (χ0n) is 9.56. The molecule has 0 spiro atoms. The van der Waals surface area contributed by atoms with Gasteiger partial charge in [0.1, 0.15) is 5.71 Å². The molecule has 5 heteroatoms. The Hall–Kier alpha value is -2.11. The van der Waals surface area contributed by atoms with Crippen molar-refractivity contribution >= 4 is 18.3 Å². The summed E-state index contributed by atoms with van der Waals surface area (Å²) in [6, 6.07) is 15.8. The first-order valence-corrected chi connectivity index (χ1v) is 5.46. The van der Waals surface area contributed by atoms with Crippen molar-refractivity contribution in [2.45, 2.75) is 0 Å². The van der Waals surface area contributed by atoms with E-state index in [1.165, 1.54) is 0 Å². The van der Waals surface area contributed by atoms with Gasteiger partial charge in [-0.05, 0) is 5.46 Å². The van der Waals surface area contributed by atoms with Crippen LogP contribution in [0.1, 0.15) is 11.1 Å². The van der Waals surface area contributed by atoms with Crippen LogP contribution in [0.4, 0.5) is 0 Å². The fraction of sp³-hybridized carbons (Fsp3) is 0. The van der Waals surface area contributed by atoms with Crippen LogP contribution in [0.3, 0.4) is 0 Å². The molecule has 0 saturated heterocycles. The highest BCUT2D eigenvalue weighted by atomic mass is 16.4. The van der Waals surface area contributed by atoms with E-state index in [1.807, 2.05) is 30.3 Å². The van der Waals surface area contributed by atoms with Gasteiger partial charge in [-0.15, -0.1) is 0 Å². The van der Waals surface area contributed by atoms with Crippen LogP contribution >= 0.6 is 0 Å². The SMILES string of the molecule is ON=C(c1ccccc1)c1ccc(B(O)O)cc1. The lowest BCUT2D eigenvalue weighted by Gasteiger charge is -2.06. The van der Waals surface area contributed by atoms with Crippen molar-refractivity contribution in [3.63, 3.8) is 0 Å². The second-order valence-electron chi connectivity index (χ2n) is 3.81. The quantitative estimate of drug-likeness (QED) is 0.319. The molecule has 90 valence electrons. The molecule has 3 N–H and O–H groups in total. The minimum atomic E-state index is -1.50. The molecule has 0 aliphatic rings. The Morgan fingerprint density at radius 2 is 1.39 bits per heavy atom. The highest BCUT2D eigenvalue weighted by molar-refractivity contribution is 6.58. The topological polar surface area (TPSA) is 73.1 Å². The minimum Gasteiger partial charge on any atom is -0.423 e. The first kappa shape index (κ1) is 12.4. The summed E-state index contributed by atoms with van der Waals surface area (Å²) in [5.41, 5.74) is 2.32. The molecule has 2 aromatic carbocycles. The molecule has 0 heterocycles. The predicted molar refractivity (Wildman–Crippen MR) is 70.1 cm³/mol. The molecule has 0 bridgehead atoms. The second kappa shape index (κ2) is 5.49. The standard InChI is InChI=1S/C13H12BNO3/c16-14(17)12-8-6-11(7-9-12)13(15-18)10-4-2-1-3-5-10/h1-9,16-18H. The minimum absolute atomic E-state index is 0.393. The average molecular weight is 241 g/mol. The Morgan fingerprint density at radius 1 is 0.833 bits per heavy atom. The van der Waals surface area contributed by atoms with E-state index in [0.717, 1.165) is 5.56 Å². The summed E-state index contributed by atoms with van der Waals surface area (Å²) in [5, 5.41) is 30.4.